The van der Waals surface area contributed by atoms with E-state index in [1.165, 1.54) is 29.1 Å². The Kier molecular flexibility index (Phi) is 6.48. The van der Waals surface area contributed by atoms with Crippen LogP contribution in [-0.2, 0) is 16.6 Å². The fourth-order valence-electron chi connectivity index (χ4n) is 2.29. The number of rotatable bonds is 5. The smallest absolute Gasteiger partial charge is 0.264 e. The molecule has 0 spiro atoms. The molecule has 0 bridgehead atoms. The Morgan fingerprint density at radius 1 is 1.07 bits per heavy atom. The molecule has 3 rings (SSSR count). The Morgan fingerprint density at radius 3 is 2.43 bits per heavy atom. The molecule has 0 unspecified atom stereocenters. The topological polar surface area (TPSA) is 64.0 Å². The van der Waals surface area contributed by atoms with Crippen molar-refractivity contribution >= 4 is 78.2 Å². The molecule has 0 saturated carbocycles. The van der Waals surface area contributed by atoms with Gasteiger partial charge in [-0.3, -0.25) is 9.40 Å². The van der Waals surface area contributed by atoms with E-state index in [0.29, 0.717) is 4.47 Å². The molecule has 0 saturated heterocycles. The fourth-order valence-corrected chi connectivity index (χ4v) is 5.07. The van der Waals surface area contributed by atoms with Gasteiger partial charge in [-0.2, -0.15) is 5.10 Å². The van der Waals surface area contributed by atoms with Crippen LogP contribution in [-0.4, -0.2) is 18.2 Å². The lowest BCUT2D eigenvalue weighted by molar-refractivity contribution is 0.585. The van der Waals surface area contributed by atoms with Crippen LogP contribution in [0.3, 0.4) is 0 Å². The van der Waals surface area contributed by atoms with Crippen LogP contribution in [0.4, 0.5) is 10.2 Å². The van der Waals surface area contributed by atoms with Crippen LogP contribution < -0.4 is 4.72 Å². The van der Waals surface area contributed by atoms with Crippen molar-refractivity contribution in [1.82, 2.24) is 9.78 Å². The van der Waals surface area contributed by atoms with Gasteiger partial charge >= 0.3 is 0 Å². The van der Waals surface area contributed by atoms with Crippen molar-refractivity contribution in [2.24, 2.45) is 0 Å². The second-order valence-electron chi connectivity index (χ2n) is 5.53. The van der Waals surface area contributed by atoms with E-state index in [2.05, 4.69) is 25.8 Å². The highest BCUT2D eigenvalue weighted by molar-refractivity contribution is 9.10. The molecule has 12 heteroatoms. The molecule has 148 valence electrons. The average Bonchev–Trinajstić information content (AvgIpc) is 2.93. The van der Waals surface area contributed by atoms with Gasteiger partial charge in [0.1, 0.15) is 10.7 Å². The van der Waals surface area contributed by atoms with Crippen molar-refractivity contribution < 1.29 is 12.8 Å². The number of hydrogen-bond acceptors (Lipinski definition) is 3. The summed E-state index contributed by atoms with van der Waals surface area (Å²) in [5, 5.41) is 4.41. The van der Waals surface area contributed by atoms with Gasteiger partial charge in [0, 0.05) is 16.8 Å². The van der Waals surface area contributed by atoms with Gasteiger partial charge < -0.3 is 0 Å². The van der Waals surface area contributed by atoms with Crippen LogP contribution in [0.25, 0.3) is 0 Å². The number of hydrogen-bond donors (Lipinski definition) is 1. The highest BCUT2D eigenvalue weighted by atomic mass is 79.9. The number of sulfonamides is 1. The summed E-state index contributed by atoms with van der Waals surface area (Å²) in [7, 11) is -4.11. The zero-order chi connectivity index (χ0) is 20.6. The SMILES string of the molecule is O=S(=O)(Nc1nn(Cc2c(F)cccc2Cl)cc1Br)c1cc(Cl)c(Cl)cc1Cl. The monoisotopic (exact) mass is 545 g/mol. The van der Waals surface area contributed by atoms with Gasteiger partial charge in [-0.05, 0) is 40.2 Å². The van der Waals surface area contributed by atoms with E-state index in [4.69, 9.17) is 46.4 Å². The van der Waals surface area contributed by atoms with E-state index in [9.17, 15) is 12.8 Å². The van der Waals surface area contributed by atoms with Gasteiger partial charge in [-0.15, -0.1) is 0 Å². The molecule has 0 aliphatic heterocycles. The third-order valence-electron chi connectivity index (χ3n) is 3.59. The van der Waals surface area contributed by atoms with Crippen LogP contribution in [0.5, 0.6) is 0 Å². The molecular weight excluding hydrogens is 539 g/mol. The summed E-state index contributed by atoms with van der Waals surface area (Å²) < 4.78 is 43.3. The predicted molar refractivity (Wildman–Crippen MR) is 113 cm³/mol. The van der Waals surface area contributed by atoms with Crippen LogP contribution in [0.15, 0.2) is 45.9 Å². The third kappa shape index (κ3) is 4.58. The molecule has 1 N–H and O–H groups in total. The number of nitrogens with zero attached hydrogens (tertiary/aromatic N) is 2. The lowest BCUT2D eigenvalue weighted by Gasteiger charge is -2.09. The number of aromatic nitrogens is 2. The number of anilines is 1. The van der Waals surface area contributed by atoms with Gasteiger partial charge in [0.2, 0.25) is 0 Å². The van der Waals surface area contributed by atoms with E-state index in [1.54, 1.807) is 6.07 Å². The minimum absolute atomic E-state index is 0.000631. The lowest BCUT2D eigenvalue weighted by Crippen LogP contribution is -2.15. The molecule has 0 aliphatic carbocycles. The molecule has 1 heterocycles. The summed E-state index contributed by atoms with van der Waals surface area (Å²) in [5.41, 5.74) is 0.223. The van der Waals surface area contributed by atoms with Crippen LogP contribution in [0.1, 0.15) is 5.56 Å². The van der Waals surface area contributed by atoms with Gasteiger partial charge in [-0.1, -0.05) is 52.5 Å². The predicted octanol–water partition coefficient (Wildman–Crippen LogP) is 6.25. The first-order chi connectivity index (χ1) is 13.1. The average molecular weight is 548 g/mol. The van der Waals surface area contributed by atoms with Crippen molar-refractivity contribution in [3.05, 3.63) is 72.5 Å². The van der Waals surface area contributed by atoms with Crippen molar-refractivity contribution in [1.29, 1.82) is 0 Å². The Labute approximate surface area is 188 Å². The van der Waals surface area contributed by atoms with Crippen LogP contribution in [0, 0.1) is 5.82 Å². The van der Waals surface area contributed by atoms with E-state index in [-0.39, 0.29) is 42.9 Å². The van der Waals surface area contributed by atoms with Gasteiger partial charge in [0.05, 0.1) is 26.1 Å². The highest BCUT2D eigenvalue weighted by Gasteiger charge is 2.23. The van der Waals surface area contributed by atoms with Crippen LogP contribution >= 0.6 is 62.3 Å². The molecule has 2 aromatic carbocycles. The van der Waals surface area contributed by atoms with E-state index in [1.807, 2.05) is 0 Å². The van der Waals surface area contributed by atoms with Crippen molar-refractivity contribution in [2.45, 2.75) is 11.4 Å². The maximum absolute atomic E-state index is 14.0. The normalized spacial score (nSPS) is 11.6. The molecule has 5 nitrogen and oxygen atoms in total. The van der Waals surface area contributed by atoms with E-state index < -0.39 is 15.8 Å². The van der Waals surface area contributed by atoms with Crippen molar-refractivity contribution in [2.75, 3.05) is 4.72 Å². The Balaban J connectivity index is 1.91. The van der Waals surface area contributed by atoms with Gasteiger partial charge in [-0.25, -0.2) is 12.8 Å². The zero-order valence-corrected chi connectivity index (χ0v) is 19.0. The Hall–Kier alpha value is -1.03. The van der Waals surface area contributed by atoms with E-state index in [0.717, 1.165) is 6.07 Å². The first-order valence-corrected chi connectivity index (χ1v) is 11.2. The van der Waals surface area contributed by atoms with Crippen LogP contribution in [0.2, 0.25) is 20.1 Å². The maximum atomic E-state index is 14.0. The van der Waals surface area contributed by atoms with Gasteiger partial charge in [0.15, 0.2) is 5.82 Å². The molecule has 0 radical (unpaired) electrons. The first-order valence-electron chi connectivity index (χ1n) is 7.41. The minimum atomic E-state index is -4.11. The largest absolute Gasteiger partial charge is 0.265 e. The lowest BCUT2D eigenvalue weighted by atomic mass is 10.2. The van der Waals surface area contributed by atoms with Crippen molar-refractivity contribution in [3.8, 4) is 0 Å². The number of nitrogens with one attached hydrogen (secondary N) is 1. The molecular formula is C16H9BrCl4FN3O2S. The first kappa shape index (κ1) is 21.7. The Bertz CT molecular complexity index is 1150. The summed E-state index contributed by atoms with van der Waals surface area (Å²) in [6.07, 6.45) is 1.48. The molecule has 0 atom stereocenters. The minimum Gasteiger partial charge on any atom is -0.265 e. The summed E-state index contributed by atoms with van der Waals surface area (Å²) in [5.74, 6) is -0.515. The zero-order valence-electron chi connectivity index (χ0n) is 13.6. The Morgan fingerprint density at radius 2 is 1.75 bits per heavy atom. The maximum Gasteiger partial charge on any atom is 0.264 e. The summed E-state index contributed by atoms with van der Waals surface area (Å²) in [4.78, 5) is -0.262. The summed E-state index contributed by atoms with van der Waals surface area (Å²) in [6.45, 7) is -0.000631. The van der Waals surface area contributed by atoms with Crippen molar-refractivity contribution in [3.63, 3.8) is 0 Å². The molecule has 28 heavy (non-hydrogen) atoms. The molecule has 0 amide bonds. The second-order valence-corrected chi connectivity index (χ2v) is 9.66. The highest BCUT2D eigenvalue weighted by Crippen LogP contribution is 2.33. The quantitative estimate of drug-likeness (QED) is 0.384. The fraction of sp³-hybridized carbons (Fsp3) is 0.0625. The summed E-state index contributed by atoms with van der Waals surface area (Å²) >= 11 is 26.9. The second kappa shape index (κ2) is 8.38. The molecule has 0 fully saturated rings. The number of benzene rings is 2. The summed E-state index contributed by atoms with van der Waals surface area (Å²) in [6, 6.07) is 6.68. The van der Waals surface area contributed by atoms with Gasteiger partial charge in [0.25, 0.3) is 10.0 Å². The molecule has 3 aromatic rings. The standard InChI is InChI=1S/C16H9BrCl4FN3O2S/c17-9-7-25(6-8-10(18)2-1-3-14(8)22)23-16(9)24-28(26,27)15-5-12(20)11(19)4-13(15)21/h1-5,7H,6H2,(H,23,24). The number of halogens is 6. The van der Waals surface area contributed by atoms with E-state index >= 15 is 0 Å². The molecule has 1 aromatic heterocycles. The molecule has 0 aliphatic rings. The third-order valence-corrected chi connectivity index (χ3v) is 7.05.